The van der Waals surface area contributed by atoms with Crippen molar-refractivity contribution in [2.24, 2.45) is 0 Å². The average molecular weight is 410 g/mol. The smallest absolute Gasteiger partial charge is 0.331 e. The summed E-state index contributed by atoms with van der Waals surface area (Å²) in [5.41, 5.74) is 1.83. The molecule has 0 aliphatic carbocycles. The highest BCUT2D eigenvalue weighted by molar-refractivity contribution is 6.33. The number of ether oxygens (including phenoxy) is 1. The topological polar surface area (TPSA) is 73.2 Å². The molecule has 0 atom stereocenters. The SMILES string of the molecule is CCCCn1nc(C)c(/C=C/C(=O)OCC(=O)Nc2ccccc2Cl)c1Cl. The first-order chi connectivity index (χ1) is 12.9. The van der Waals surface area contributed by atoms with E-state index in [0.29, 0.717) is 21.4 Å². The zero-order valence-electron chi connectivity index (χ0n) is 15.2. The van der Waals surface area contributed by atoms with Gasteiger partial charge in [0.15, 0.2) is 6.61 Å². The summed E-state index contributed by atoms with van der Waals surface area (Å²) in [7, 11) is 0. The molecule has 0 radical (unpaired) electrons. The van der Waals surface area contributed by atoms with E-state index in [2.05, 4.69) is 17.3 Å². The van der Waals surface area contributed by atoms with Crippen molar-refractivity contribution in [2.45, 2.75) is 33.2 Å². The third-order valence-electron chi connectivity index (χ3n) is 3.71. The van der Waals surface area contributed by atoms with E-state index < -0.39 is 18.5 Å². The minimum atomic E-state index is -0.652. The second-order valence-electron chi connectivity index (χ2n) is 5.84. The van der Waals surface area contributed by atoms with Crippen LogP contribution in [0, 0.1) is 6.92 Å². The Morgan fingerprint density at radius 1 is 1.30 bits per heavy atom. The highest BCUT2D eigenvalue weighted by atomic mass is 35.5. The number of benzene rings is 1. The Morgan fingerprint density at radius 2 is 2.04 bits per heavy atom. The van der Waals surface area contributed by atoms with Crippen molar-refractivity contribution in [3.8, 4) is 0 Å². The van der Waals surface area contributed by atoms with Gasteiger partial charge in [-0.25, -0.2) is 4.79 Å². The van der Waals surface area contributed by atoms with Gasteiger partial charge in [-0.1, -0.05) is 48.7 Å². The van der Waals surface area contributed by atoms with E-state index >= 15 is 0 Å². The number of carbonyl (C=O) groups is 2. The van der Waals surface area contributed by atoms with Gasteiger partial charge in [-0.05, 0) is 31.6 Å². The lowest BCUT2D eigenvalue weighted by molar-refractivity contribution is -0.142. The molecule has 27 heavy (non-hydrogen) atoms. The molecule has 6 nitrogen and oxygen atoms in total. The van der Waals surface area contributed by atoms with Crippen LogP contribution in [0.1, 0.15) is 31.0 Å². The van der Waals surface area contributed by atoms with Gasteiger partial charge in [-0.15, -0.1) is 0 Å². The van der Waals surface area contributed by atoms with E-state index in [1.165, 1.54) is 6.08 Å². The maximum absolute atomic E-state index is 11.9. The van der Waals surface area contributed by atoms with Crippen LogP contribution >= 0.6 is 23.2 Å². The molecule has 0 bridgehead atoms. The van der Waals surface area contributed by atoms with Crippen LogP contribution in [0.3, 0.4) is 0 Å². The van der Waals surface area contributed by atoms with Crippen molar-refractivity contribution in [1.29, 1.82) is 0 Å². The highest BCUT2D eigenvalue weighted by Gasteiger charge is 2.12. The summed E-state index contributed by atoms with van der Waals surface area (Å²) in [5.74, 6) is -1.13. The maximum atomic E-state index is 11.9. The third-order valence-corrected chi connectivity index (χ3v) is 4.44. The number of esters is 1. The second kappa shape index (κ2) is 10.1. The van der Waals surface area contributed by atoms with Crippen LogP contribution in [0.5, 0.6) is 0 Å². The fourth-order valence-electron chi connectivity index (χ4n) is 2.30. The summed E-state index contributed by atoms with van der Waals surface area (Å²) in [5, 5.41) is 7.81. The number of aryl methyl sites for hydroxylation is 2. The number of nitrogens with zero attached hydrogens (tertiary/aromatic N) is 2. The Hall–Kier alpha value is -2.31. The molecule has 0 aliphatic rings. The van der Waals surface area contributed by atoms with Crippen molar-refractivity contribution >= 4 is 46.8 Å². The number of aromatic nitrogens is 2. The van der Waals surface area contributed by atoms with E-state index in [-0.39, 0.29) is 0 Å². The van der Waals surface area contributed by atoms with Gasteiger partial charge in [0.2, 0.25) is 0 Å². The van der Waals surface area contributed by atoms with Crippen molar-refractivity contribution in [3.05, 3.63) is 51.8 Å². The molecule has 0 saturated carbocycles. The quantitative estimate of drug-likeness (QED) is 0.514. The number of anilines is 1. The summed E-state index contributed by atoms with van der Waals surface area (Å²) in [6, 6.07) is 6.80. The van der Waals surface area contributed by atoms with Gasteiger partial charge in [-0.2, -0.15) is 5.10 Å². The normalized spacial score (nSPS) is 11.0. The molecule has 0 unspecified atom stereocenters. The van der Waals surface area contributed by atoms with E-state index in [9.17, 15) is 9.59 Å². The lowest BCUT2D eigenvalue weighted by atomic mass is 10.2. The molecule has 1 aromatic carbocycles. The summed E-state index contributed by atoms with van der Waals surface area (Å²) in [6.45, 7) is 4.20. The fraction of sp³-hybridized carbons (Fsp3) is 0.316. The molecule has 0 saturated heterocycles. The largest absolute Gasteiger partial charge is 0.452 e. The Balaban J connectivity index is 1.89. The first kappa shape index (κ1) is 21.0. The number of unbranched alkanes of at least 4 members (excludes halogenated alkanes) is 1. The Labute approximate surface area is 168 Å². The standard InChI is InChI=1S/C19H21Cl2N3O3/c1-3-4-11-24-19(21)14(13(2)23-24)9-10-18(26)27-12-17(25)22-16-8-6-5-7-15(16)20/h5-10H,3-4,11-12H2,1-2H3,(H,22,25)/b10-9+. The molecule has 0 spiro atoms. The first-order valence-corrected chi connectivity index (χ1v) is 9.30. The third kappa shape index (κ3) is 6.12. The lowest BCUT2D eigenvalue weighted by Crippen LogP contribution is -2.20. The lowest BCUT2D eigenvalue weighted by Gasteiger charge is -2.06. The summed E-state index contributed by atoms with van der Waals surface area (Å²) < 4.78 is 6.65. The molecule has 2 aromatic rings. The Kier molecular flexibility index (Phi) is 7.88. The zero-order valence-corrected chi connectivity index (χ0v) is 16.7. The van der Waals surface area contributed by atoms with Gasteiger partial charge < -0.3 is 10.1 Å². The highest BCUT2D eigenvalue weighted by Crippen LogP contribution is 2.22. The van der Waals surface area contributed by atoms with Gasteiger partial charge in [0.05, 0.1) is 16.4 Å². The summed E-state index contributed by atoms with van der Waals surface area (Å²) in [6.07, 6.45) is 4.76. The van der Waals surface area contributed by atoms with Crippen molar-refractivity contribution in [3.63, 3.8) is 0 Å². The minimum absolute atomic E-state index is 0.405. The molecular formula is C19H21Cl2N3O3. The van der Waals surface area contributed by atoms with Crippen LogP contribution in [0.25, 0.3) is 6.08 Å². The number of rotatable bonds is 8. The van der Waals surface area contributed by atoms with Gasteiger partial charge in [0, 0.05) is 18.2 Å². The number of hydrogen-bond acceptors (Lipinski definition) is 4. The van der Waals surface area contributed by atoms with E-state index in [1.807, 2.05) is 6.92 Å². The van der Waals surface area contributed by atoms with Crippen molar-refractivity contribution < 1.29 is 14.3 Å². The van der Waals surface area contributed by atoms with E-state index in [0.717, 1.165) is 25.1 Å². The number of nitrogens with one attached hydrogen (secondary N) is 1. The van der Waals surface area contributed by atoms with E-state index in [4.69, 9.17) is 27.9 Å². The van der Waals surface area contributed by atoms with Crippen LogP contribution in [0.2, 0.25) is 10.2 Å². The molecule has 1 N–H and O–H groups in total. The molecule has 1 aromatic heterocycles. The zero-order chi connectivity index (χ0) is 19.8. The molecular weight excluding hydrogens is 389 g/mol. The average Bonchev–Trinajstić information content (AvgIpc) is 2.91. The van der Waals surface area contributed by atoms with Gasteiger partial charge in [-0.3, -0.25) is 9.48 Å². The van der Waals surface area contributed by atoms with E-state index in [1.54, 1.807) is 35.0 Å². The second-order valence-corrected chi connectivity index (χ2v) is 6.60. The molecule has 2 rings (SSSR count). The first-order valence-electron chi connectivity index (χ1n) is 8.54. The van der Waals surface area contributed by atoms with Crippen LogP contribution in [0.4, 0.5) is 5.69 Å². The van der Waals surface area contributed by atoms with Crippen LogP contribution in [-0.2, 0) is 20.9 Å². The predicted molar refractivity (Wildman–Crippen MR) is 107 cm³/mol. The summed E-state index contributed by atoms with van der Waals surface area (Å²) in [4.78, 5) is 23.7. The van der Waals surface area contributed by atoms with Crippen LogP contribution < -0.4 is 5.32 Å². The number of amides is 1. The molecule has 144 valence electrons. The number of hydrogen-bond donors (Lipinski definition) is 1. The molecule has 1 heterocycles. The molecule has 0 fully saturated rings. The fourth-order valence-corrected chi connectivity index (χ4v) is 2.80. The van der Waals surface area contributed by atoms with Crippen LogP contribution in [0.15, 0.2) is 30.3 Å². The minimum Gasteiger partial charge on any atom is -0.452 e. The predicted octanol–water partition coefficient (Wildman–Crippen LogP) is 4.49. The number of halogens is 2. The molecule has 1 amide bonds. The number of carbonyl (C=O) groups excluding carboxylic acids is 2. The monoisotopic (exact) mass is 409 g/mol. The van der Waals surface area contributed by atoms with Crippen molar-refractivity contribution in [1.82, 2.24) is 9.78 Å². The molecule has 0 aliphatic heterocycles. The molecule has 8 heteroatoms. The van der Waals surface area contributed by atoms with Gasteiger partial charge in [0.1, 0.15) is 5.15 Å². The maximum Gasteiger partial charge on any atom is 0.331 e. The van der Waals surface area contributed by atoms with Crippen molar-refractivity contribution in [2.75, 3.05) is 11.9 Å². The van der Waals surface area contributed by atoms with Crippen LogP contribution in [-0.4, -0.2) is 28.3 Å². The Morgan fingerprint density at radius 3 is 2.74 bits per heavy atom. The van der Waals surface area contributed by atoms with Gasteiger partial charge in [0.25, 0.3) is 5.91 Å². The summed E-state index contributed by atoms with van der Waals surface area (Å²) >= 11 is 12.3. The number of para-hydroxylation sites is 1. The Bertz CT molecular complexity index is 847. The van der Waals surface area contributed by atoms with Gasteiger partial charge >= 0.3 is 5.97 Å².